The fourth-order valence-electron chi connectivity index (χ4n) is 4.43. The minimum atomic E-state index is -3.61. The van der Waals surface area contributed by atoms with Crippen LogP contribution in [-0.4, -0.2) is 41.0 Å². The summed E-state index contributed by atoms with van der Waals surface area (Å²) in [5.74, 6) is 0. The molecular formula is C26H32GeN2O2S. The van der Waals surface area contributed by atoms with E-state index in [1.165, 1.54) is 46.5 Å². The van der Waals surface area contributed by atoms with Gasteiger partial charge < -0.3 is 0 Å². The summed E-state index contributed by atoms with van der Waals surface area (Å²) in [7, 11) is -0.483. The Bertz CT molecular complexity index is 1220. The number of aryl methyl sites for hydroxylation is 6. The number of hydrogen-bond donors (Lipinski definition) is 0. The van der Waals surface area contributed by atoms with Gasteiger partial charge in [-0.3, -0.25) is 0 Å². The van der Waals surface area contributed by atoms with E-state index in [0.717, 1.165) is 0 Å². The number of rotatable bonds is 5. The van der Waals surface area contributed by atoms with E-state index in [-0.39, 0.29) is 4.90 Å². The van der Waals surface area contributed by atoms with Gasteiger partial charge in [-0.05, 0) is 0 Å². The molecule has 0 aromatic heterocycles. The summed E-state index contributed by atoms with van der Waals surface area (Å²) in [6.07, 6.45) is 0. The molecule has 0 saturated heterocycles. The summed E-state index contributed by atoms with van der Waals surface area (Å²) in [6.45, 7) is 12.8. The van der Waals surface area contributed by atoms with E-state index in [2.05, 4.69) is 65.8 Å². The average Bonchev–Trinajstić information content (AvgIpc) is 2.66. The first kappa shape index (κ1) is 24.6. The Balaban J connectivity index is 2.44. The van der Waals surface area contributed by atoms with Crippen molar-refractivity contribution in [2.75, 3.05) is 14.1 Å². The first-order chi connectivity index (χ1) is 14.9. The molecule has 0 aliphatic rings. The van der Waals surface area contributed by atoms with Gasteiger partial charge in [-0.15, -0.1) is 0 Å². The fraction of sp³-hybridized carbons (Fsp3) is 0.308. The molecule has 0 heterocycles. The molecule has 0 bridgehead atoms. The van der Waals surface area contributed by atoms with E-state index in [4.69, 9.17) is 3.90 Å². The molecule has 3 aromatic carbocycles. The summed E-state index contributed by atoms with van der Waals surface area (Å²) >= 11 is -2.54. The molecule has 0 N–H and O–H groups in total. The summed E-state index contributed by atoms with van der Waals surface area (Å²) in [5, 5.41) is 0. The molecule has 0 atom stereocenters. The van der Waals surface area contributed by atoms with Crippen molar-refractivity contribution in [1.82, 2.24) is 4.31 Å². The Kier molecular flexibility index (Phi) is 7.22. The molecule has 4 nitrogen and oxygen atoms in total. The van der Waals surface area contributed by atoms with Gasteiger partial charge in [-0.1, -0.05) is 0 Å². The van der Waals surface area contributed by atoms with Crippen LogP contribution in [-0.2, 0) is 10.0 Å². The standard InChI is InChI=1S/C26H32GeN2O2S/c1-17-13-19(3)25(20(4)14-17)27(26-21(5)15-18(2)16-22(26)6)28-23-11-9-10-12-24(23)32(30,31)29(7)8/h9-16H,1-8H3. The fourth-order valence-corrected chi connectivity index (χ4v) is 11.3. The zero-order chi connectivity index (χ0) is 23.8. The van der Waals surface area contributed by atoms with Crippen LogP contribution in [0.4, 0.5) is 5.69 Å². The average molecular weight is 509 g/mol. The predicted octanol–water partition coefficient (Wildman–Crippen LogP) is 4.49. The molecule has 0 fully saturated rings. The Morgan fingerprint density at radius 1 is 0.719 bits per heavy atom. The second kappa shape index (κ2) is 9.42. The van der Waals surface area contributed by atoms with Crippen LogP contribution in [0.2, 0.25) is 0 Å². The summed E-state index contributed by atoms with van der Waals surface area (Å²) < 4.78 is 35.3. The van der Waals surface area contributed by atoms with Crippen molar-refractivity contribution < 1.29 is 8.42 Å². The normalized spacial score (nSPS) is 11.7. The molecule has 0 aliphatic carbocycles. The van der Waals surface area contributed by atoms with E-state index < -0.39 is 24.2 Å². The zero-order valence-corrected chi connectivity index (χ0v) is 23.2. The zero-order valence-electron chi connectivity index (χ0n) is 20.2. The third kappa shape index (κ3) is 4.80. The number of nitrogens with zero attached hydrogens (tertiary/aromatic N) is 2. The van der Waals surface area contributed by atoms with E-state index >= 15 is 0 Å². The van der Waals surface area contributed by atoms with Crippen LogP contribution in [0, 0.1) is 41.5 Å². The third-order valence-electron chi connectivity index (χ3n) is 5.68. The second-order valence-corrected chi connectivity index (χ2v) is 14.9. The molecule has 0 aliphatic heterocycles. The van der Waals surface area contributed by atoms with Crippen molar-refractivity contribution in [2.24, 2.45) is 3.90 Å². The first-order valence-electron chi connectivity index (χ1n) is 10.7. The van der Waals surface area contributed by atoms with E-state index in [9.17, 15) is 8.42 Å². The maximum absolute atomic E-state index is 13.0. The Morgan fingerprint density at radius 2 is 1.12 bits per heavy atom. The predicted molar refractivity (Wildman–Crippen MR) is 136 cm³/mol. The van der Waals surface area contributed by atoms with Crippen molar-refractivity contribution >= 4 is 38.7 Å². The minimum absolute atomic E-state index is 0.264. The topological polar surface area (TPSA) is 49.7 Å². The first-order valence-corrected chi connectivity index (χ1v) is 15.2. The Labute approximate surface area is 197 Å². The van der Waals surface area contributed by atoms with Gasteiger partial charge in [0.05, 0.1) is 0 Å². The van der Waals surface area contributed by atoms with E-state index in [1.54, 1.807) is 26.2 Å². The Morgan fingerprint density at radius 3 is 1.53 bits per heavy atom. The van der Waals surface area contributed by atoms with Crippen LogP contribution in [0.3, 0.4) is 0 Å². The molecule has 32 heavy (non-hydrogen) atoms. The molecule has 3 rings (SSSR count). The molecule has 6 heteroatoms. The monoisotopic (exact) mass is 510 g/mol. The molecule has 0 saturated carbocycles. The van der Waals surface area contributed by atoms with Crippen LogP contribution < -0.4 is 8.79 Å². The molecule has 0 unspecified atom stereocenters. The molecule has 0 radical (unpaired) electrons. The quantitative estimate of drug-likeness (QED) is 0.476. The summed E-state index contributed by atoms with van der Waals surface area (Å²) in [4.78, 5) is 0.264. The van der Waals surface area contributed by atoms with Gasteiger partial charge in [0, 0.05) is 0 Å². The van der Waals surface area contributed by atoms with Crippen molar-refractivity contribution in [1.29, 1.82) is 0 Å². The number of sulfonamides is 1. The van der Waals surface area contributed by atoms with E-state index in [0.29, 0.717) is 5.69 Å². The molecule has 3 aromatic rings. The SMILES string of the molecule is Cc1cc(C)[c]([Ge](=[N]c2ccccc2S(=O)(=O)N(C)C)[c]2c(C)cc(C)cc2C)c(C)c1. The van der Waals surface area contributed by atoms with Gasteiger partial charge in [-0.2, -0.15) is 0 Å². The summed E-state index contributed by atoms with van der Waals surface area (Å²) in [5.41, 5.74) is 7.93. The van der Waals surface area contributed by atoms with Crippen molar-refractivity contribution in [3.63, 3.8) is 0 Å². The van der Waals surface area contributed by atoms with Gasteiger partial charge in [0.25, 0.3) is 0 Å². The van der Waals surface area contributed by atoms with Crippen molar-refractivity contribution in [2.45, 2.75) is 46.4 Å². The van der Waals surface area contributed by atoms with Crippen molar-refractivity contribution in [3.05, 3.63) is 81.9 Å². The Hall–Kier alpha value is -2.09. The van der Waals surface area contributed by atoms with Crippen LogP contribution >= 0.6 is 0 Å². The van der Waals surface area contributed by atoms with Gasteiger partial charge in [0.15, 0.2) is 0 Å². The summed E-state index contributed by atoms with van der Waals surface area (Å²) in [6, 6.07) is 16.0. The van der Waals surface area contributed by atoms with Crippen molar-refractivity contribution in [3.8, 4) is 0 Å². The number of hydrogen-bond acceptors (Lipinski definition) is 3. The van der Waals surface area contributed by atoms with Crippen LogP contribution in [0.1, 0.15) is 33.4 Å². The van der Waals surface area contributed by atoms with Gasteiger partial charge in [0.1, 0.15) is 0 Å². The van der Waals surface area contributed by atoms with E-state index in [1.807, 2.05) is 12.1 Å². The van der Waals surface area contributed by atoms with Gasteiger partial charge in [0.2, 0.25) is 0 Å². The van der Waals surface area contributed by atoms with Crippen LogP contribution in [0.15, 0.2) is 57.3 Å². The molecule has 168 valence electrons. The van der Waals surface area contributed by atoms with Crippen LogP contribution in [0.5, 0.6) is 0 Å². The maximum atomic E-state index is 13.0. The van der Waals surface area contributed by atoms with Gasteiger partial charge in [-0.25, -0.2) is 0 Å². The van der Waals surface area contributed by atoms with Crippen LogP contribution in [0.25, 0.3) is 0 Å². The van der Waals surface area contributed by atoms with Gasteiger partial charge >= 0.3 is 198 Å². The third-order valence-corrected chi connectivity index (χ3v) is 13.8. The molecule has 0 amide bonds. The molecule has 0 spiro atoms. The second-order valence-electron chi connectivity index (χ2n) is 8.76. The molecular weight excluding hydrogens is 477 g/mol. The number of benzene rings is 3.